The Kier molecular flexibility index (Phi) is 8.23. The number of hydrogen-bond acceptors (Lipinski definition) is 4. The minimum absolute atomic E-state index is 0.158. The number of nitrogens with one attached hydrogen (secondary N) is 1. The molecule has 0 fully saturated rings. The Bertz CT molecular complexity index is 1380. The molecule has 2 amide bonds. The molecule has 0 aromatic heterocycles. The number of hydrogen-bond donors (Lipinski definition) is 2. The van der Waals surface area contributed by atoms with E-state index in [2.05, 4.69) is 5.32 Å². The van der Waals surface area contributed by atoms with Gasteiger partial charge in [0.25, 0.3) is 5.91 Å². The lowest BCUT2D eigenvalue weighted by molar-refractivity contribution is -0.130. The summed E-state index contributed by atoms with van der Waals surface area (Å²) in [6, 6.07) is 30.7. The number of benzene rings is 4. The van der Waals surface area contributed by atoms with E-state index in [1.165, 1.54) is 0 Å². The van der Waals surface area contributed by atoms with Crippen LogP contribution in [0.2, 0.25) is 0 Å². The molecule has 0 aliphatic carbocycles. The van der Waals surface area contributed by atoms with Crippen LogP contribution in [0.15, 0.2) is 103 Å². The van der Waals surface area contributed by atoms with Crippen molar-refractivity contribution < 1.29 is 19.1 Å². The largest absolute Gasteiger partial charge is 0.367 e. The van der Waals surface area contributed by atoms with Gasteiger partial charge in [0.15, 0.2) is 11.9 Å². The molecule has 0 aliphatic rings. The van der Waals surface area contributed by atoms with E-state index in [9.17, 15) is 14.4 Å². The van der Waals surface area contributed by atoms with Crippen LogP contribution < -0.4 is 11.1 Å². The minimum Gasteiger partial charge on any atom is -0.367 e. The number of primary amides is 1. The maximum atomic E-state index is 13.5. The first-order chi connectivity index (χ1) is 17.9. The Morgan fingerprint density at radius 3 is 2.11 bits per heavy atom. The second-order valence-corrected chi connectivity index (χ2v) is 8.79. The van der Waals surface area contributed by atoms with Crippen molar-refractivity contribution in [1.29, 1.82) is 0 Å². The number of rotatable bonds is 10. The smallest absolute Gasteiger partial charge is 0.251 e. The van der Waals surface area contributed by atoms with E-state index in [-0.39, 0.29) is 30.3 Å². The van der Waals surface area contributed by atoms with Crippen molar-refractivity contribution in [3.05, 3.63) is 137 Å². The molecule has 1 unspecified atom stereocenters. The molecule has 0 bridgehead atoms. The van der Waals surface area contributed by atoms with Gasteiger partial charge in [0.2, 0.25) is 5.91 Å². The molecule has 4 aromatic carbocycles. The number of carbonyl (C=O) groups excluding carboxylic acids is 3. The predicted octanol–water partition coefficient (Wildman–Crippen LogP) is 5.15. The summed E-state index contributed by atoms with van der Waals surface area (Å²) in [5.41, 5.74) is 9.99. The van der Waals surface area contributed by atoms with Crippen LogP contribution in [0.1, 0.15) is 44.3 Å². The molecule has 4 aromatic rings. The Labute approximate surface area is 216 Å². The molecular weight excluding hydrogens is 464 g/mol. The normalized spacial score (nSPS) is 11.5. The molecular formula is C31H28N2O4. The van der Waals surface area contributed by atoms with Crippen molar-refractivity contribution in [1.82, 2.24) is 0 Å². The van der Waals surface area contributed by atoms with Gasteiger partial charge in [-0.1, -0.05) is 96.6 Å². The van der Waals surface area contributed by atoms with Gasteiger partial charge < -0.3 is 15.8 Å². The summed E-state index contributed by atoms with van der Waals surface area (Å²) in [4.78, 5) is 38.6. The second-order valence-electron chi connectivity index (χ2n) is 8.79. The number of amides is 2. The van der Waals surface area contributed by atoms with E-state index >= 15 is 0 Å². The molecule has 6 nitrogen and oxygen atoms in total. The van der Waals surface area contributed by atoms with E-state index in [0.717, 1.165) is 16.7 Å². The number of nitrogens with two attached hydrogens (primary N) is 1. The van der Waals surface area contributed by atoms with Crippen LogP contribution in [0.3, 0.4) is 0 Å². The summed E-state index contributed by atoms with van der Waals surface area (Å²) in [5.74, 6) is -1.23. The van der Waals surface area contributed by atoms with Crippen molar-refractivity contribution in [2.75, 3.05) is 5.32 Å². The lowest BCUT2D eigenvalue weighted by atomic mass is 9.97. The quantitative estimate of drug-likeness (QED) is 0.299. The molecule has 186 valence electrons. The number of ether oxygens (including phenoxy) is 1. The molecule has 4 rings (SSSR count). The van der Waals surface area contributed by atoms with Crippen LogP contribution in [0.5, 0.6) is 0 Å². The first-order valence-corrected chi connectivity index (χ1v) is 11.9. The molecule has 6 heteroatoms. The predicted molar refractivity (Wildman–Crippen MR) is 143 cm³/mol. The van der Waals surface area contributed by atoms with Crippen LogP contribution in [-0.4, -0.2) is 17.6 Å². The average Bonchev–Trinajstić information content (AvgIpc) is 2.91. The lowest BCUT2D eigenvalue weighted by Gasteiger charge is -2.18. The molecule has 0 radical (unpaired) electrons. The van der Waals surface area contributed by atoms with E-state index in [1.54, 1.807) is 42.5 Å². The summed E-state index contributed by atoms with van der Waals surface area (Å²) in [6.07, 6.45) is -0.912. The fourth-order valence-corrected chi connectivity index (χ4v) is 3.95. The minimum atomic E-state index is -1.07. The molecule has 0 heterocycles. The van der Waals surface area contributed by atoms with Gasteiger partial charge in [-0.05, 0) is 35.7 Å². The zero-order chi connectivity index (χ0) is 26.2. The molecule has 0 spiro atoms. The van der Waals surface area contributed by atoms with Crippen LogP contribution >= 0.6 is 0 Å². The van der Waals surface area contributed by atoms with Crippen LogP contribution in [0.25, 0.3) is 0 Å². The summed E-state index contributed by atoms with van der Waals surface area (Å²) in [7, 11) is 0. The van der Waals surface area contributed by atoms with Crippen molar-refractivity contribution in [2.24, 2.45) is 5.73 Å². The lowest BCUT2D eigenvalue weighted by Crippen LogP contribution is -2.24. The Hall–Kier alpha value is -4.55. The molecule has 0 saturated carbocycles. The maximum absolute atomic E-state index is 13.5. The summed E-state index contributed by atoms with van der Waals surface area (Å²) in [5, 5.41) is 2.86. The molecule has 1 atom stereocenters. The first kappa shape index (κ1) is 25.5. The van der Waals surface area contributed by atoms with E-state index in [0.29, 0.717) is 16.8 Å². The third-order valence-corrected chi connectivity index (χ3v) is 5.90. The second kappa shape index (κ2) is 11.9. The topological polar surface area (TPSA) is 98.5 Å². The van der Waals surface area contributed by atoms with Gasteiger partial charge in [-0.3, -0.25) is 14.4 Å². The highest BCUT2D eigenvalue weighted by molar-refractivity contribution is 6.14. The summed E-state index contributed by atoms with van der Waals surface area (Å²) in [6.45, 7) is 2.15. The summed E-state index contributed by atoms with van der Waals surface area (Å²) >= 11 is 0. The van der Waals surface area contributed by atoms with E-state index in [1.807, 2.05) is 67.6 Å². The molecule has 37 heavy (non-hydrogen) atoms. The molecule has 0 saturated heterocycles. The third kappa shape index (κ3) is 6.78. The number of anilines is 1. The Morgan fingerprint density at radius 2 is 1.46 bits per heavy atom. The van der Waals surface area contributed by atoms with Crippen molar-refractivity contribution in [3.63, 3.8) is 0 Å². The Balaban J connectivity index is 1.63. The van der Waals surface area contributed by atoms with E-state index in [4.69, 9.17) is 10.5 Å². The van der Waals surface area contributed by atoms with Gasteiger partial charge in [0.05, 0.1) is 18.7 Å². The first-order valence-electron chi connectivity index (χ1n) is 11.9. The molecule has 3 N–H and O–H groups in total. The molecule has 0 aliphatic heterocycles. The van der Waals surface area contributed by atoms with Gasteiger partial charge in [0.1, 0.15) is 0 Å². The number of ketones is 1. The number of aryl methyl sites for hydroxylation is 1. The van der Waals surface area contributed by atoms with Gasteiger partial charge in [-0.25, -0.2) is 0 Å². The van der Waals surface area contributed by atoms with Crippen molar-refractivity contribution >= 4 is 23.3 Å². The zero-order valence-electron chi connectivity index (χ0n) is 20.5. The highest BCUT2D eigenvalue weighted by atomic mass is 16.5. The van der Waals surface area contributed by atoms with Crippen LogP contribution in [0.4, 0.5) is 5.69 Å². The third-order valence-electron chi connectivity index (χ3n) is 5.90. The van der Waals surface area contributed by atoms with Crippen LogP contribution in [-0.2, 0) is 27.4 Å². The Morgan fingerprint density at radius 1 is 0.811 bits per heavy atom. The van der Waals surface area contributed by atoms with Gasteiger partial charge in [-0.15, -0.1) is 0 Å². The number of carbonyl (C=O) groups is 3. The highest BCUT2D eigenvalue weighted by Crippen LogP contribution is 2.27. The zero-order valence-corrected chi connectivity index (χ0v) is 20.5. The van der Waals surface area contributed by atoms with Crippen molar-refractivity contribution in [3.8, 4) is 0 Å². The van der Waals surface area contributed by atoms with Gasteiger partial charge in [-0.2, -0.15) is 0 Å². The highest BCUT2D eigenvalue weighted by Gasteiger charge is 2.23. The monoisotopic (exact) mass is 492 g/mol. The van der Waals surface area contributed by atoms with Gasteiger partial charge >= 0.3 is 0 Å². The average molecular weight is 493 g/mol. The van der Waals surface area contributed by atoms with Crippen molar-refractivity contribution in [2.45, 2.75) is 26.1 Å². The fourth-order valence-electron chi connectivity index (χ4n) is 3.95. The van der Waals surface area contributed by atoms with Gasteiger partial charge in [0, 0.05) is 11.1 Å². The fraction of sp³-hybridized carbons (Fsp3) is 0.129. The summed E-state index contributed by atoms with van der Waals surface area (Å²) < 4.78 is 5.85. The van der Waals surface area contributed by atoms with Crippen LogP contribution in [0, 0.1) is 6.92 Å². The maximum Gasteiger partial charge on any atom is 0.251 e. The standard InChI is InChI=1S/C31H28N2O4/c1-21-12-14-22(15-13-21)18-28(34)33-27-17-16-25(19-26(27)29(35)24-10-6-3-7-11-24)30(31(32)36)37-20-23-8-4-2-5-9-23/h2-17,19,30H,18,20H2,1H3,(H2,32,36)(H,33,34). The van der Waals surface area contributed by atoms with E-state index < -0.39 is 12.0 Å². The SMILES string of the molecule is Cc1ccc(CC(=O)Nc2ccc(C(OCc3ccccc3)C(N)=O)cc2C(=O)c2ccccc2)cc1.